The molecule has 0 aliphatic heterocycles. The van der Waals surface area contributed by atoms with Crippen LogP contribution in [0.3, 0.4) is 0 Å². The Balaban J connectivity index is 2.36. The molecule has 0 bridgehead atoms. The van der Waals surface area contributed by atoms with Gasteiger partial charge in [0.05, 0.1) is 23.2 Å². The van der Waals surface area contributed by atoms with E-state index in [0.29, 0.717) is 6.61 Å². The van der Waals surface area contributed by atoms with Crippen molar-refractivity contribution in [1.29, 1.82) is 0 Å². The van der Waals surface area contributed by atoms with Gasteiger partial charge in [0, 0.05) is 0 Å². The van der Waals surface area contributed by atoms with E-state index in [1.807, 2.05) is 30.3 Å². The fraction of sp³-hybridized carbons (Fsp3) is 0.385. The Bertz CT molecular complexity index is 356. The van der Waals surface area contributed by atoms with Crippen LogP contribution in [0.5, 0.6) is 5.75 Å². The Hall–Kier alpha value is -0.320. The standard InChI is InChI=1S/C13H16Br2O2/c1-10(3-8-13(14)15)17-9-11-4-6-12(16-2)7-5-11/h4-8,10H,3,9H2,1-2H3/t10-/m0/s1. The molecule has 0 fully saturated rings. The van der Waals surface area contributed by atoms with Crippen LogP contribution in [0.25, 0.3) is 0 Å². The molecule has 1 aromatic carbocycles. The quantitative estimate of drug-likeness (QED) is 0.734. The van der Waals surface area contributed by atoms with Crippen molar-refractivity contribution in [2.45, 2.75) is 26.1 Å². The van der Waals surface area contributed by atoms with Crippen LogP contribution >= 0.6 is 31.9 Å². The van der Waals surface area contributed by atoms with Gasteiger partial charge in [-0.1, -0.05) is 18.2 Å². The fourth-order valence-corrected chi connectivity index (χ4v) is 1.66. The molecule has 2 nitrogen and oxygen atoms in total. The number of halogens is 2. The van der Waals surface area contributed by atoms with Crippen LogP contribution in [-0.4, -0.2) is 13.2 Å². The SMILES string of the molecule is COc1ccc(CO[C@@H](C)CC=C(Br)Br)cc1. The molecule has 4 heteroatoms. The largest absolute Gasteiger partial charge is 0.497 e. The Morgan fingerprint density at radius 1 is 1.29 bits per heavy atom. The molecule has 0 amide bonds. The first-order valence-electron chi connectivity index (χ1n) is 5.37. The zero-order valence-corrected chi connectivity index (χ0v) is 13.1. The summed E-state index contributed by atoms with van der Waals surface area (Å²) in [4.78, 5) is 0. The topological polar surface area (TPSA) is 18.5 Å². The first-order chi connectivity index (χ1) is 8.11. The average molecular weight is 364 g/mol. The normalized spacial score (nSPS) is 12.0. The van der Waals surface area contributed by atoms with Crippen LogP contribution in [0.4, 0.5) is 0 Å². The molecule has 0 heterocycles. The third-order valence-electron chi connectivity index (χ3n) is 2.30. The molecule has 1 rings (SSSR count). The third kappa shape index (κ3) is 6.24. The summed E-state index contributed by atoms with van der Waals surface area (Å²) < 4.78 is 11.8. The van der Waals surface area contributed by atoms with Crippen molar-refractivity contribution in [3.05, 3.63) is 39.3 Å². The highest BCUT2D eigenvalue weighted by atomic mass is 79.9. The number of methoxy groups -OCH3 is 1. The van der Waals surface area contributed by atoms with E-state index >= 15 is 0 Å². The van der Waals surface area contributed by atoms with Crippen LogP contribution in [0, 0.1) is 0 Å². The van der Waals surface area contributed by atoms with E-state index in [9.17, 15) is 0 Å². The minimum absolute atomic E-state index is 0.196. The summed E-state index contributed by atoms with van der Waals surface area (Å²) in [5.41, 5.74) is 1.15. The van der Waals surface area contributed by atoms with E-state index in [-0.39, 0.29) is 6.10 Å². The molecule has 0 N–H and O–H groups in total. The van der Waals surface area contributed by atoms with E-state index in [4.69, 9.17) is 9.47 Å². The molecular formula is C13H16Br2O2. The fourth-order valence-electron chi connectivity index (χ4n) is 1.28. The molecular weight excluding hydrogens is 348 g/mol. The lowest BCUT2D eigenvalue weighted by Crippen LogP contribution is -2.06. The molecule has 0 aliphatic carbocycles. The molecule has 0 aromatic heterocycles. The van der Waals surface area contributed by atoms with Gasteiger partial charge in [-0.05, 0) is 62.9 Å². The lowest BCUT2D eigenvalue weighted by atomic mass is 10.2. The average Bonchev–Trinajstić information content (AvgIpc) is 2.34. The van der Waals surface area contributed by atoms with E-state index in [0.717, 1.165) is 21.1 Å². The lowest BCUT2D eigenvalue weighted by Gasteiger charge is -2.11. The van der Waals surface area contributed by atoms with Crippen molar-refractivity contribution in [3.8, 4) is 5.75 Å². The maximum atomic E-state index is 5.72. The van der Waals surface area contributed by atoms with Crippen LogP contribution in [0.1, 0.15) is 18.9 Å². The highest BCUT2D eigenvalue weighted by Crippen LogP contribution is 2.16. The molecule has 94 valence electrons. The molecule has 17 heavy (non-hydrogen) atoms. The Morgan fingerprint density at radius 2 is 1.94 bits per heavy atom. The van der Waals surface area contributed by atoms with Gasteiger partial charge >= 0.3 is 0 Å². The van der Waals surface area contributed by atoms with Gasteiger partial charge in [0.2, 0.25) is 0 Å². The van der Waals surface area contributed by atoms with E-state index in [1.54, 1.807) is 7.11 Å². The van der Waals surface area contributed by atoms with Crippen molar-refractivity contribution < 1.29 is 9.47 Å². The molecule has 0 unspecified atom stereocenters. The number of benzene rings is 1. The first-order valence-corrected chi connectivity index (χ1v) is 6.96. The highest BCUT2D eigenvalue weighted by Gasteiger charge is 2.01. The van der Waals surface area contributed by atoms with Crippen molar-refractivity contribution in [2.24, 2.45) is 0 Å². The molecule has 0 radical (unpaired) electrons. The minimum Gasteiger partial charge on any atom is -0.497 e. The summed E-state index contributed by atoms with van der Waals surface area (Å²) in [6, 6.07) is 7.92. The zero-order chi connectivity index (χ0) is 12.7. The molecule has 0 aliphatic rings. The minimum atomic E-state index is 0.196. The van der Waals surface area contributed by atoms with Crippen molar-refractivity contribution in [1.82, 2.24) is 0 Å². The van der Waals surface area contributed by atoms with Crippen molar-refractivity contribution in [2.75, 3.05) is 7.11 Å². The predicted molar refractivity (Wildman–Crippen MR) is 77.8 cm³/mol. The molecule has 0 spiro atoms. The summed E-state index contributed by atoms with van der Waals surface area (Å²) in [6.45, 7) is 2.68. The summed E-state index contributed by atoms with van der Waals surface area (Å²) in [5.74, 6) is 0.868. The summed E-state index contributed by atoms with van der Waals surface area (Å²) in [5, 5.41) is 0. The molecule has 1 atom stereocenters. The summed E-state index contributed by atoms with van der Waals surface area (Å²) in [6.07, 6.45) is 3.11. The number of hydrogen-bond donors (Lipinski definition) is 0. The van der Waals surface area contributed by atoms with Gasteiger partial charge in [0.15, 0.2) is 0 Å². The van der Waals surface area contributed by atoms with Gasteiger partial charge in [-0.2, -0.15) is 0 Å². The number of rotatable bonds is 6. The molecule has 0 saturated carbocycles. The van der Waals surface area contributed by atoms with Crippen LogP contribution in [-0.2, 0) is 11.3 Å². The second kappa shape index (κ2) is 7.90. The Morgan fingerprint density at radius 3 is 2.47 bits per heavy atom. The third-order valence-corrected chi connectivity index (χ3v) is 2.95. The molecule has 0 saturated heterocycles. The second-order valence-electron chi connectivity index (χ2n) is 3.70. The van der Waals surface area contributed by atoms with Gasteiger partial charge < -0.3 is 9.47 Å². The van der Waals surface area contributed by atoms with E-state index in [1.165, 1.54) is 0 Å². The number of hydrogen-bond acceptors (Lipinski definition) is 2. The highest BCUT2D eigenvalue weighted by molar-refractivity contribution is 9.28. The number of ether oxygens (including phenoxy) is 2. The maximum Gasteiger partial charge on any atom is 0.118 e. The maximum absolute atomic E-state index is 5.72. The van der Waals surface area contributed by atoms with Crippen LogP contribution in [0.2, 0.25) is 0 Å². The van der Waals surface area contributed by atoms with Crippen LogP contribution in [0.15, 0.2) is 33.7 Å². The first kappa shape index (κ1) is 14.7. The van der Waals surface area contributed by atoms with Gasteiger partial charge in [0.25, 0.3) is 0 Å². The monoisotopic (exact) mass is 362 g/mol. The predicted octanol–water partition coefficient (Wildman–Crippen LogP) is 4.62. The second-order valence-corrected chi connectivity index (χ2v) is 6.47. The van der Waals surface area contributed by atoms with Crippen molar-refractivity contribution >= 4 is 31.9 Å². The Labute approximate surface area is 119 Å². The van der Waals surface area contributed by atoms with Gasteiger partial charge in [-0.3, -0.25) is 0 Å². The lowest BCUT2D eigenvalue weighted by molar-refractivity contribution is 0.0552. The summed E-state index contributed by atoms with van der Waals surface area (Å²) in [7, 11) is 1.66. The van der Waals surface area contributed by atoms with E-state index in [2.05, 4.69) is 38.8 Å². The van der Waals surface area contributed by atoms with Crippen molar-refractivity contribution in [3.63, 3.8) is 0 Å². The summed E-state index contributed by atoms with van der Waals surface area (Å²) >= 11 is 6.65. The van der Waals surface area contributed by atoms with Gasteiger partial charge in [-0.15, -0.1) is 0 Å². The van der Waals surface area contributed by atoms with Gasteiger partial charge in [-0.25, -0.2) is 0 Å². The zero-order valence-electron chi connectivity index (χ0n) is 9.95. The smallest absolute Gasteiger partial charge is 0.118 e. The molecule has 1 aromatic rings. The van der Waals surface area contributed by atoms with Crippen LogP contribution < -0.4 is 4.74 Å². The van der Waals surface area contributed by atoms with Gasteiger partial charge in [0.1, 0.15) is 5.75 Å². The Kier molecular flexibility index (Phi) is 6.85. The van der Waals surface area contributed by atoms with E-state index < -0.39 is 0 Å².